The fourth-order valence-electron chi connectivity index (χ4n) is 6.09. The number of amides is 1. The number of carbonyl (C=O) groups excluding carboxylic acids is 1. The molecule has 1 saturated carbocycles. The molecule has 2 aliphatic rings. The van der Waals surface area contributed by atoms with Crippen molar-refractivity contribution in [1.29, 1.82) is 0 Å². The third-order valence-corrected chi connectivity index (χ3v) is 7.66. The van der Waals surface area contributed by atoms with Crippen LogP contribution in [-0.4, -0.2) is 44.7 Å². The number of aliphatic carboxylic acids is 1. The van der Waals surface area contributed by atoms with Crippen LogP contribution in [0.3, 0.4) is 0 Å². The Hall–Kier alpha value is -3.16. The predicted molar refractivity (Wildman–Crippen MR) is 125 cm³/mol. The summed E-state index contributed by atoms with van der Waals surface area (Å²) in [6.07, 6.45) is 4.32. The molecule has 0 bridgehead atoms. The first-order valence-electron chi connectivity index (χ1n) is 12.0. The van der Waals surface area contributed by atoms with Crippen LogP contribution in [0, 0.1) is 17.8 Å². The summed E-state index contributed by atoms with van der Waals surface area (Å²) >= 11 is 0. The molecule has 3 heterocycles. The first-order valence-corrected chi connectivity index (χ1v) is 12.0. The lowest BCUT2D eigenvalue weighted by Crippen LogP contribution is -2.54. The van der Waals surface area contributed by atoms with Gasteiger partial charge in [-0.2, -0.15) is 9.49 Å². The maximum absolute atomic E-state index is 13.6. The van der Waals surface area contributed by atoms with Gasteiger partial charge in [0.05, 0.1) is 17.1 Å². The molecule has 5 rings (SSSR count). The van der Waals surface area contributed by atoms with Gasteiger partial charge in [-0.25, -0.2) is 0 Å². The number of H-pyrrole nitrogens is 1. The highest BCUT2D eigenvalue weighted by atomic mass is 19.1. The van der Waals surface area contributed by atoms with Crippen molar-refractivity contribution in [3.8, 4) is 11.3 Å². The first kappa shape index (κ1) is 22.6. The number of carboxylic acids is 1. The van der Waals surface area contributed by atoms with E-state index >= 15 is 0 Å². The van der Waals surface area contributed by atoms with Crippen LogP contribution in [0.1, 0.15) is 58.1 Å². The molecule has 1 aromatic carbocycles. The highest BCUT2D eigenvalue weighted by Gasteiger charge is 2.44. The van der Waals surface area contributed by atoms with E-state index in [1.807, 2.05) is 36.9 Å². The summed E-state index contributed by atoms with van der Waals surface area (Å²) in [4.78, 5) is 27.3. The van der Waals surface area contributed by atoms with Gasteiger partial charge in [-0.3, -0.25) is 14.7 Å². The average molecular weight is 468 g/mol. The Morgan fingerprint density at radius 2 is 2.03 bits per heavy atom. The maximum atomic E-state index is 13.6. The number of aromatic amines is 1. The first-order chi connectivity index (χ1) is 16.3. The van der Waals surface area contributed by atoms with Crippen molar-refractivity contribution in [1.82, 2.24) is 15.1 Å². The summed E-state index contributed by atoms with van der Waals surface area (Å²) < 4.78 is 18.8. The summed E-state index contributed by atoms with van der Waals surface area (Å²) in [7, 11) is 0. The van der Waals surface area contributed by atoms with Gasteiger partial charge < -0.3 is 14.4 Å². The maximum Gasteiger partial charge on any atom is 0.306 e. The second kappa shape index (κ2) is 8.56. The number of likely N-dealkylation sites (tertiary alicyclic amines) is 1. The van der Waals surface area contributed by atoms with Crippen LogP contribution in [0.5, 0.6) is 0 Å². The van der Waals surface area contributed by atoms with Gasteiger partial charge in [0.15, 0.2) is 0 Å². The Morgan fingerprint density at radius 1 is 1.21 bits per heavy atom. The number of hydrogen-bond acceptors (Lipinski definition) is 4. The van der Waals surface area contributed by atoms with Crippen LogP contribution in [0.4, 0.5) is 4.39 Å². The molecule has 1 saturated heterocycles. The van der Waals surface area contributed by atoms with Gasteiger partial charge in [-0.1, -0.05) is 32.4 Å². The van der Waals surface area contributed by atoms with Crippen molar-refractivity contribution in [2.75, 3.05) is 6.54 Å². The SMILES string of the molecule is CC(C)(CC(=O)N1CCCC2C(C(=O)O)CCCC21)c1n[nH]c2cccc(-c3ccc(F)o3)c12. The van der Waals surface area contributed by atoms with E-state index < -0.39 is 17.4 Å². The summed E-state index contributed by atoms with van der Waals surface area (Å²) in [6.45, 7) is 4.64. The summed E-state index contributed by atoms with van der Waals surface area (Å²) in [6, 6.07) is 7.83. The van der Waals surface area contributed by atoms with E-state index in [1.165, 1.54) is 6.07 Å². The molecule has 1 aliphatic carbocycles. The number of piperidine rings is 1. The monoisotopic (exact) mass is 467 g/mol. The van der Waals surface area contributed by atoms with Gasteiger partial charge in [-0.15, -0.1) is 0 Å². The lowest BCUT2D eigenvalue weighted by molar-refractivity contribution is -0.152. The van der Waals surface area contributed by atoms with E-state index in [4.69, 9.17) is 4.42 Å². The van der Waals surface area contributed by atoms with Gasteiger partial charge in [-0.05, 0) is 43.7 Å². The Balaban J connectivity index is 1.44. The van der Waals surface area contributed by atoms with Crippen molar-refractivity contribution in [3.05, 3.63) is 42.0 Å². The summed E-state index contributed by atoms with van der Waals surface area (Å²) in [5.41, 5.74) is 1.63. The molecular formula is C26H30FN3O4. The Kier molecular flexibility index (Phi) is 5.70. The standard InChI is InChI=1S/C26H30FN3O4/c1-26(2,14-22(31)30-13-5-8-15-16(25(32)33)6-4-10-19(15)30)24-23-17(20-11-12-21(27)34-20)7-3-9-18(23)28-29-24/h3,7,9,11-12,15-16,19H,4-6,8,10,13-14H2,1-2H3,(H,28,29)(H,32,33). The van der Waals surface area contributed by atoms with Gasteiger partial charge in [0.2, 0.25) is 5.91 Å². The Bertz CT molecular complexity index is 1230. The minimum absolute atomic E-state index is 0.00974. The molecule has 0 spiro atoms. The van der Waals surface area contributed by atoms with E-state index in [0.29, 0.717) is 18.7 Å². The van der Waals surface area contributed by atoms with Gasteiger partial charge >= 0.3 is 5.97 Å². The zero-order chi connectivity index (χ0) is 24.0. The Morgan fingerprint density at radius 3 is 2.76 bits per heavy atom. The van der Waals surface area contributed by atoms with Crippen LogP contribution in [0.2, 0.25) is 0 Å². The smallest absolute Gasteiger partial charge is 0.306 e. The second-order valence-corrected chi connectivity index (χ2v) is 10.3. The number of furan rings is 1. The summed E-state index contributed by atoms with van der Waals surface area (Å²) in [5.74, 6) is -0.640. The zero-order valence-electron chi connectivity index (χ0n) is 19.5. The number of carbonyl (C=O) groups is 2. The average Bonchev–Trinajstić information content (AvgIpc) is 3.44. The fraction of sp³-hybridized carbons (Fsp3) is 0.500. The molecule has 0 radical (unpaired) electrons. The number of fused-ring (bicyclic) bond motifs is 2. The fourth-order valence-corrected chi connectivity index (χ4v) is 6.09. The molecule has 2 fully saturated rings. The van der Waals surface area contributed by atoms with Crippen molar-refractivity contribution in [3.63, 3.8) is 0 Å². The number of halogens is 1. The van der Waals surface area contributed by atoms with Crippen LogP contribution < -0.4 is 0 Å². The number of rotatable bonds is 5. The minimum atomic E-state index is -0.741. The molecular weight excluding hydrogens is 437 g/mol. The number of benzene rings is 1. The van der Waals surface area contributed by atoms with Crippen LogP contribution in [-0.2, 0) is 15.0 Å². The van der Waals surface area contributed by atoms with E-state index in [-0.39, 0.29) is 30.2 Å². The van der Waals surface area contributed by atoms with Gasteiger partial charge in [0.1, 0.15) is 5.76 Å². The molecule has 1 amide bonds. The highest BCUT2D eigenvalue weighted by Crippen LogP contribution is 2.42. The van der Waals surface area contributed by atoms with E-state index in [0.717, 1.165) is 47.8 Å². The molecule has 2 aromatic heterocycles. The van der Waals surface area contributed by atoms with Crippen molar-refractivity contribution < 1.29 is 23.5 Å². The quantitative estimate of drug-likeness (QED) is 0.542. The lowest BCUT2D eigenvalue weighted by Gasteiger charge is -2.47. The summed E-state index contributed by atoms with van der Waals surface area (Å²) in [5, 5.41) is 18.1. The van der Waals surface area contributed by atoms with Crippen molar-refractivity contribution >= 4 is 22.8 Å². The molecule has 3 aromatic rings. The minimum Gasteiger partial charge on any atom is -0.481 e. The second-order valence-electron chi connectivity index (χ2n) is 10.3. The van der Waals surface area contributed by atoms with E-state index in [1.54, 1.807) is 6.07 Å². The molecule has 7 nitrogen and oxygen atoms in total. The highest BCUT2D eigenvalue weighted by molar-refractivity contribution is 5.96. The van der Waals surface area contributed by atoms with E-state index in [2.05, 4.69) is 10.2 Å². The van der Waals surface area contributed by atoms with Crippen LogP contribution in [0.15, 0.2) is 34.7 Å². The zero-order valence-corrected chi connectivity index (χ0v) is 19.5. The number of nitrogens with one attached hydrogen (secondary N) is 1. The Labute approximate surface area is 197 Å². The topological polar surface area (TPSA) is 99.4 Å². The van der Waals surface area contributed by atoms with Gasteiger partial charge in [0, 0.05) is 41.4 Å². The van der Waals surface area contributed by atoms with E-state index in [9.17, 15) is 19.1 Å². The molecule has 2 N–H and O–H groups in total. The van der Waals surface area contributed by atoms with Crippen LogP contribution in [0.25, 0.3) is 22.2 Å². The van der Waals surface area contributed by atoms with Crippen molar-refractivity contribution in [2.24, 2.45) is 11.8 Å². The normalized spacial score (nSPS) is 23.1. The largest absolute Gasteiger partial charge is 0.481 e. The third-order valence-electron chi connectivity index (χ3n) is 7.66. The molecule has 3 atom stereocenters. The van der Waals surface area contributed by atoms with Gasteiger partial charge in [0.25, 0.3) is 6.01 Å². The third kappa shape index (κ3) is 3.89. The molecule has 8 heteroatoms. The number of nitrogens with zero attached hydrogens (tertiary/aromatic N) is 2. The molecule has 3 unspecified atom stereocenters. The van der Waals surface area contributed by atoms with Crippen molar-refractivity contribution in [2.45, 2.75) is 63.8 Å². The predicted octanol–water partition coefficient (Wildman–Crippen LogP) is 5.12. The molecule has 180 valence electrons. The number of carboxylic acid groups (broad SMARTS) is 1. The molecule has 1 aliphatic heterocycles. The lowest BCUT2D eigenvalue weighted by atomic mass is 9.71. The molecule has 34 heavy (non-hydrogen) atoms. The van der Waals surface area contributed by atoms with Crippen LogP contribution >= 0.6 is 0 Å². The number of aromatic nitrogens is 2. The number of hydrogen-bond donors (Lipinski definition) is 2.